The highest BCUT2D eigenvalue weighted by molar-refractivity contribution is 9.13. The van der Waals surface area contributed by atoms with Crippen LogP contribution in [0.4, 0.5) is 5.69 Å². The molecule has 0 unspecified atom stereocenters. The molecule has 2 aromatic carbocycles. The predicted molar refractivity (Wildman–Crippen MR) is 108 cm³/mol. The van der Waals surface area contributed by atoms with Gasteiger partial charge in [-0.15, -0.1) is 5.10 Å². The Balaban J connectivity index is 1.64. The van der Waals surface area contributed by atoms with Gasteiger partial charge in [0.1, 0.15) is 0 Å². The lowest BCUT2D eigenvalue weighted by atomic mass is 10.3. The van der Waals surface area contributed by atoms with Gasteiger partial charge in [0.25, 0.3) is 0 Å². The summed E-state index contributed by atoms with van der Waals surface area (Å²) in [6, 6.07) is 13.1. The molecule has 1 N–H and O–H groups in total. The largest absolute Gasteiger partial charge is 0.325 e. The molecule has 1 aromatic heterocycles. The third-order valence-corrected chi connectivity index (χ3v) is 6.38. The molecule has 0 atom stereocenters. The predicted octanol–water partition coefficient (Wildman–Crippen LogP) is 4.68. The summed E-state index contributed by atoms with van der Waals surface area (Å²) in [5.74, 6) is 0.0643. The molecular formula is C15H10Br3N5OS. The Morgan fingerprint density at radius 1 is 1.08 bits per heavy atom. The molecule has 0 bridgehead atoms. The summed E-state index contributed by atoms with van der Waals surface area (Å²) in [5.41, 5.74) is 1.54. The lowest BCUT2D eigenvalue weighted by Gasteiger charge is -2.07. The van der Waals surface area contributed by atoms with E-state index in [0.29, 0.717) is 10.8 Å². The van der Waals surface area contributed by atoms with Crippen LogP contribution in [0.3, 0.4) is 0 Å². The highest BCUT2D eigenvalue weighted by Gasteiger charge is 2.12. The highest BCUT2D eigenvalue weighted by atomic mass is 79.9. The van der Waals surface area contributed by atoms with Crippen LogP contribution in [0.5, 0.6) is 0 Å². The van der Waals surface area contributed by atoms with Gasteiger partial charge in [0.05, 0.1) is 11.4 Å². The minimum Gasteiger partial charge on any atom is -0.325 e. The number of aromatic nitrogens is 4. The van der Waals surface area contributed by atoms with E-state index in [9.17, 15) is 4.79 Å². The van der Waals surface area contributed by atoms with Gasteiger partial charge < -0.3 is 5.32 Å². The van der Waals surface area contributed by atoms with Crippen molar-refractivity contribution in [3.05, 3.63) is 55.9 Å². The summed E-state index contributed by atoms with van der Waals surface area (Å²) in [5, 5.41) is 15.0. The van der Waals surface area contributed by atoms with Gasteiger partial charge in [-0.1, -0.05) is 27.7 Å². The Morgan fingerprint density at radius 2 is 1.84 bits per heavy atom. The highest BCUT2D eigenvalue weighted by Crippen LogP contribution is 2.26. The Hall–Kier alpha value is -1.23. The molecule has 0 aliphatic heterocycles. The summed E-state index contributed by atoms with van der Waals surface area (Å²) in [6.45, 7) is 0. The van der Waals surface area contributed by atoms with E-state index in [1.807, 2.05) is 42.5 Å². The first-order valence-corrected chi connectivity index (χ1v) is 10.3. The van der Waals surface area contributed by atoms with Crippen molar-refractivity contribution in [2.24, 2.45) is 0 Å². The molecule has 0 spiro atoms. The van der Waals surface area contributed by atoms with Crippen LogP contribution in [0.15, 0.2) is 61.0 Å². The second kappa shape index (κ2) is 8.43. The number of benzene rings is 2. The number of anilines is 1. The summed E-state index contributed by atoms with van der Waals surface area (Å²) in [6.07, 6.45) is 0. The van der Waals surface area contributed by atoms with E-state index in [0.717, 1.165) is 19.1 Å². The standard InChI is InChI=1S/C15H10Br3N5OS/c16-9-1-4-11(5-2-9)23-15(20-21-22-23)25-8-14(24)19-10-3-6-12(17)13(18)7-10/h1-7H,8H2,(H,19,24). The van der Waals surface area contributed by atoms with E-state index in [1.165, 1.54) is 11.8 Å². The molecule has 10 heteroatoms. The molecular weight excluding hydrogens is 538 g/mol. The number of nitrogens with zero attached hydrogens (tertiary/aromatic N) is 4. The Bertz CT molecular complexity index is 900. The quantitative estimate of drug-likeness (QED) is 0.470. The van der Waals surface area contributed by atoms with Crippen LogP contribution in [-0.2, 0) is 4.79 Å². The fraction of sp³-hybridized carbons (Fsp3) is 0.0667. The zero-order chi connectivity index (χ0) is 17.8. The Morgan fingerprint density at radius 3 is 2.56 bits per heavy atom. The number of carbonyl (C=O) groups excluding carboxylic acids is 1. The van der Waals surface area contributed by atoms with E-state index >= 15 is 0 Å². The molecule has 3 aromatic rings. The van der Waals surface area contributed by atoms with Gasteiger partial charge >= 0.3 is 0 Å². The average molecular weight is 548 g/mol. The fourth-order valence-corrected chi connectivity index (χ4v) is 3.49. The van der Waals surface area contributed by atoms with Crippen molar-refractivity contribution in [2.45, 2.75) is 5.16 Å². The zero-order valence-electron chi connectivity index (χ0n) is 12.5. The van der Waals surface area contributed by atoms with Crippen molar-refractivity contribution in [1.82, 2.24) is 20.2 Å². The third kappa shape index (κ3) is 4.90. The maximum absolute atomic E-state index is 12.2. The summed E-state index contributed by atoms with van der Waals surface area (Å²) in [7, 11) is 0. The zero-order valence-corrected chi connectivity index (χ0v) is 18.1. The smallest absolute Gasteiger partial charge is 0.234 e. The van der Waals surface area contributed by atoms with Crippen LogP contribution in [0, 0.1) is 0 Å². The number of amides is 1. The first-order chi connectivity index (χ1) is 12.0. The normalized spacial score (nSPS) is 10.7. The van der Waals surface area contributed by atoms with Gasteiger partial charge in [-0.05, 0) is 84.8 Å². The lowest BCUT2D eigenvalue weighted by Crippen LogP contribution is -2.14. The summed E-state index contributed by atoms with van der Waals surface area (Å²) < 4.78 is 4.37. The van der Waals surface area contributed by atoms with Crippen molar-refractivity contribution in [3.8, 4) is 5.69 Å². The topological polar surface area (TPSA) is 72.7 Å². The molecule has 128 valence electrons. The van der Waals surface area contributed by atoms with Crippen LogP contribution < -0.4 is 5.32 Å². The number of tetrazole rings is 1. The van der Waals surface area contributed by atoms with Crippen LogP contribution >= 0.6 is 59.6 Å². The Labute approximate surface area is 173 Å². The molecule has 25 heavy (non-hydrogen) atoms. The van der Waals surface area contributed by atoms with Crippen molar-refractivity contribution >= 4 is 71.1 Å². The summed E-state index contributed by atoms with van der Waals surface area (Å²) in [4.78, 5) is 12.2. The van der Waals surface area contributed by atoms with Crippen LogP contribution in [0.1, 0.15) is 0 Å². The molecule has 0 aliphatic rings. The van der Waals surface area contributed by atoms with E-state index in [1.54, 1.807) is 4.68 Å². The molecule has 0 saturated carbocycles. The first kappa shape index (κ1) is 18.6. The number of halogens is 3. The molecule has 6 nitrogen and oxygen atoms in total. The van der Waals surface area contributed by atoms with Gasteiger partial charge in [-0.3, -0.25) is 4.79 Å². The lowest BCUT2D eigenvalue weighted by molar-refractivity contribution is -0.113. The van der Waals surface area contributed by atoms with Gasteiger partial charge in [0, 0.05) is 19.1 Å². The minimum absolute atomic E-state index is 0.135. The van der Waals surface area contributed by atoms with Crippen molar-refractivity contribution < 1.29 is 4.79 Å². The molecule has 0 saturated heterocycles. The molecule has 1 amide bonds. The van der Waals surface area contributed by atoms with E-state index in [2.05, 4.69) is 68.6 Å². The minimum atomic E-state index is -0.135. The van der Waals surface area contributed by atoms with Gasteiger partial charge in [-0.2, -0.15) is 4.68 Å². The maximum atomic E-state index is 12.2. The van der Waals surface area contributed by atoms with E-state index in [4.69, 9.17) is 0 Å². The fourth-order valence-electron chi connectivity index (χ4n) is 1.91. The van der Waals surface area contributed by atoms with Gasteiger partial charge in [0.2, 0.25) is 11.1 Å². The second-order valence-electron chi connectivity index (χ2n) is 4.82. The van der Waals surface area contributed by atoms with Crippen molar-refractivity contribution in [3.63, 3.8) is 0 Å². The van der Waals surface area contributed by atoms with Gasteiger partial charge in [0.15, 0.2) is 0 Å². The third-order valence-electron chi connectivity index (χ3n) is 3.05. The van der Waals surface area contributed by atoms with Crippen molar-refractivity contribution in [2.75, 3.05) is 11.1 Å². The SMILES string of the molecule is O=C(CSc1nnnn1-c1ccc(Br)cc1)Nc1ccc(Br)c(Br)c1. The van der Waals surface area contributed by atoms with Crippen molar-refractivity contribution in [1.29, 1.82) is 0 Å². The molecule has 1 heterocycles. The number of hydrogen-bond donors (Lipinski definition) is 1. The van der Waals surface area contributed by atoms with Crippen LogP contribution in [0.25, 0.3) is 5.69 Å². The second-order valence-corrected chi connectivity index (χ2v) is 8.38. The van der Waals surface area contributed by atoms with Gasteiger partial charge in [-0.25, -0.2) is 0 Å². The number of nitrogens with one attached hydrogen (secondary N) is 1. The van der Waals surface area contributed by atoms with E-state index < -0.39 is 0 Å². The molecule has 3 rings (SSSR count). The molecule has 0 aliphatic carbocycles. The van der Waals surface area contributed by atoms with E-state index in [-0.39, 0.29) is 11.7 Å². The molecule has 0 radical (unpaired) electrons. The average Bonchev–Trinajstić information content (AvgIpc) is 3.06. The van der Waals surface area contributed by atoms with Crippen LogP contribution in [0.2, 0.25) is 0 Å². The first-order valence-electron chi connectivity index (χ1n) is 6.95. The number of rotatable bonds is 5. The number of carbonyl (C=O) groups is 1. The van der Waals surface area contributed by atoms with Crippen LogP contribution in [-0.4, -0.2) is 31.9 Å². The number of thioether (sulfide) groups is 1. The Kier molecular flexibility index (Phi) is 6.26. The maximum Gasteiger partial charge on any atom is 0.234 e. The monoisotopic (exact) mass is 545 g/mol. The molecule has 0 fully saturated rings. The summed E-state index contributed by atoms with van der Waals surface area (Å²) >= 11 is 11.5. The number of hydrogen-bond acceptors (Lipinski definition) is 5.